The van der Waals surface area contributed by atoms with Crippen LogP contribution in [-0.4, -0.2) is 25.7 Å². The van der Waals surface area contributed by atoms with Crippen LogP contribution in [0.1, 0.15) is 31.4 Å². The molecule has 0 amide bonds. The Morgan fingerprint density at radius 2 is 1.95 bits per heavy atom. The number of aliphatic hydroxyl groups excluding tert-OH is 1. The zero-order chi connectivity index (χ0) is 14.8. The SMILES string of the molecule is CCC(C)(CO)NS(=O)(=O)c1c(N)ccc(C)c1C. The lowest BCUT2D eigenvalue weighted by atomic mass is 10.0. The molecule has 6 heteroatoms. The molecule has 0 saturated carbocycles. The Labute approximate surface area is 114 Å². The van der Waals surface area contributed by atoms with E-state index in [1.54, 1.807) is 26.0 Å². The van der Waals surface area contributed by atoms with Crippen molar-refractivity contribution in [3.8, 4) is 0 Å². The normalized spacial score (nSPS) is 15.2. The third-order valence-electron chi connectivity index (χ3n) is 3.49. The Hall–Kier alpha value is -1.11. The van der Waals surface area contributed by atoms with Gasteiger partial charge < -0.3 is 10.8 Å². The van der Waals surface area contributed by atoms with Gasteiger partial charge in [-0.25, -0.2) is 13.1 Å². The summed E-state index contributed by atoms with van der Waals surface area (Å²) in [5, 5.41) is 9.33. The molecule has 0 aliphatic carbocycles. The standard InChI is InChI=1S/C13H22N2O3S/c1-5-13(4,8-16)15-19(17,18)12-10(3)9(2)6-7-11(12)14/h6-7,15-16H,5,8,14H2,1-4H3. The smallest absolute Gasteiger partial charge is 0.243 e. The maximum Gasteiger partial charge on any atom is 0.243 e. The molecule has 1 aromatic carbocycles. The molecule has 108 valence electrons. The summed E-state index contributed by atoms with van der Waals surface area (Å²) >= 11 is 0. The fourth-order valence-corrected chi connectivity index (χ4v) is 3.66. The molecule has 1 aromatic rings. The number of hydrogen-bond acceptors (Lipinski definition) is 4. The highest BCUT2D eigenvalue weighted by atomic mass is 32.2. The molecule has 0 spiro atoms. The van der Waals surface area contributed by atoms with Gasteiger partial charge in [-0.15, -0.1) is 0 Å². The average molecular weight is 286 g/mol. The molecule has 0 aromatic heterocycles. The second kappa shape index (κ2) is 5.48. The van der Waals surface area contributed by atoms with Crippen molar-refractivity contribution in [3.63, 3.8) is 0 Å². The number of rotatable bonds is 5. The third-order valence-corrected chi connectivity index (χ3v) is 5.33. The van der Waals surface area contributed by atoms with E-state index in [4.69, 9.17) is 5.73 Å². The van der Waals surface area contributed by atoms with Gasteiger partial charge in [0.05, 0.1) is 17.8 Å². The fourth-order valence-electron chi connectivity index (χ4n) is 1.76. The Morgan fingerprint density at radius 3 is 2.42 bits per heavy atom. The zero-order valence-corrected chi connectivity index (χ0v) is 12.6. The van der Waals surface area contributed by atoms with Gasteiger partial charge in [-0.05, 0) is 44.4 Å². The maximum atomic E-state index is 12.5. The van der Waals surface area contributed by atoms with Gasteiger partial charge in [-0.3, -0.25) is 0 Å². The molecule has 0 fully saturated rings. The van der Waals surface area contributed by atoms with Crippen LogP contribution >= 0.6 is 0 Å². The molecule has 0 aliphatic heterocycles. The van der Waals surface area contributed by atoms with Crippen LogP contribution in [0.2, 0.25) is 0 Å². The second-order valence-electron chi connectivity index (χ2n) is 5.10. The van der Waals surface area contributed by atoms with Crippen LogP contribution in [0.25, 0.3) is 0 Å². The number of nitrogens with two attached hydrogens (primary N) is 1. The van der Waals surface area contributed by atoms with Crippen molar-refractivity contribution in [2.24, 2.45) is 0 Å². The summed E-state index contributed by atoms with van der Waals surface area (Å²) in [6, 6.07) is 3.37. The predicted molar refractivity (Wildman–Crippen MR) is 76.4 cm³/mol. The van der Waals surface area contributed by atoms with Crippen LogP contribution in [0.3, 0.4) is 0 Å². The van der Waals surface area contributed by atoms with Gasteiger partial charge in [0, 0.05) is 0 Å². The van der Waals surface area contributed by atoms with E-state index in [9.17, 15) is 13.5 Å². The monoisotopic (exact) mass is 286 g/mol. The van der Waals surface area contributed by atoms with Crippen LogP contribution in [0, 0.1) is 13.8 Å². The van der Waals surface area contributed by atoms with Gasteiger partial charge in [0.1, 0.15) is 4.90 Å². The van der Waals surface area contributed by atoms with E-state index >= 15 is 0 Å². The van der Waals surface area contributed by atoms with Gasteiger partial charge in [0.25, 0.3) is 0 Å². The van der Waals surface area contributed by atoms with Crippen molar-refractivity contribution in [1.82, 2.24) is 4.72 Å². The minimum atomic E-state index is -3.76. The molecule has 1 rings (SSSR count). The van der Waals surface area contributed by atoms with E-state index in [1.165, 1.54) is 0 Å². The van der Waals surface area contributed by atoms with Gasteiger partial charge in [0.15, 0.2) is 0 Å². The van der Waals surface area contributed by atoms with E-state index in [0.717, 1.165) is 5.56 Å². The molecule has 0 heterocycles. The lowest BCUT2D eigenvalue weighted by Crippen LogP contribution is -2.48. The first-order valence-electron chi connectivity index (χ1n) is 6.17. The Morgan fingerprint density at radius 1 is 1.37 bits per heavy atom. The number of benzene rings is 1. The topological polar surface area (TPSA) is 92.4 Å². The van der Waals surface area contributed by atoms with Gasteiger partial charge >= 0.3 is 0 Å². The van der Waals surface area contributed by atoms with E-state index in [0.29, 0.717) is 12.0 Å². The summed E-state index contributed by atoms with van der Waals surface area (Å²) in [6.07, 6.45) is 0.480. The summed E-state index contributed by atoms with van der Waals surface area (Å²) in [5.74, 6) is 0. The van der Waals surface area contributed by atoms with E-state index in [1.807, 2.05) is 13.8 Å². The number of hydrogen-bond donors (Lipinski definition) is 3. The quantitative estimate of drug-likeness (QED) is 0.712. The number of anilines is 1. The molecular formula is C13H22N2O3S. The van der Waals surface area contributed by atoms with E-state index < -0.39 is 15.6 Å². The van der Waals surface area contributed by atoms with Crippen molar-refractivity contribution in [3.05, 3.63) is 23.3 Å². The summed E-state index contributed by atoms with van der Waals surface area (Å²) < 4.78 is 27.5. The minimum absolute atomic E-state index is 0.0978. The van der Waals surface area contributed by atoms with Crippen LogP contribution in [0.5, 0.6) is 0 Å². The Balaban J connectivity index is 3.33. The fraction of sp³-hybridized carbons (Fsp3) is 0.538. The number of sulfonamides is 1. The summed E-state index contributed by atoms with van der Waals surface area (Å²) in [6.45, 7) is 6.76. The van der Waals surface area contributed by atoms with Crippen LogP contribution in [0.15, 0.2) is 17.0 Å². The molecule has 0 bridgehead atoms. The lowest BCUT2D eigenvalue weighted by molar-refractivity contribution is 0.191. The van der Waals surface area contributed by atoms with Crippen molar-refractivity contribution < 1.29 is 13.5 Å². The first-order valence-corrected chi connectivity index (χ1v) is 7.65. The molecule has 0 radical (unpaired) electrons. The molecule has 0 aliphatic rings. The predicted octanol–water partition coefficient (Wildman–Crippen LogP) is 1.32. The largest absolute Gasteiger partial charge is 0.398 e. The second-order valence-corrected chi connectivity index (χ2v) is 6.72. The minimum Gasteiger partial charge on any atom is -0.398 e. The highest BCUT2D eigenvalue weighted by molar-refractivity contribution is 7.89. The highest BCUT2D eigenvalue weighted by Crippen LogP contribution is 2.26. The zero-order valence-electron chi connectivity index (χ0n) is 11.8. The van der Waals surface area contributed by atoms with Crippen LogP contribution in [0.4, 0.5) is 5.69 Å². The number of aryl methyl sites for hydroxylation is 1. The average Bonchev–Trinajstić information content (AvgIpc) is 2.33. The van der Waals surface area contributed by atoms with Crippen molar-refractivity contribution >= 4 is 15.7 Å². The molecule has 19 heavy (non-hydrogen) atoms. The van der Waals surface area contributed by atoms with Crippen molar-refractivity contribution in [2.45, 2.75) is 44.6 Å². The van der Waals surface area contributed by atoms with Gasteiger partial charge in [-0.2, -0.15) is 0 Å². The summed E-state index contributed by atoms with van der Waals surface area (Å²) in [4.78, 5) is 0.0978. The number of nitrogens with one attached hydrogen (secondary N) is 1. The van der Waals surface area contributed by atoms with Gasteiger partial charge in [0.2, 0.25) is 10.0 Å². The molecule has 1 unspecified atom stereocenters. The Bertz CT molecular complexity index is 563. The van der Waals surface area contributed by atoms with Crippen molar-refractivity contribution in [2.75, 3.05) is 12.3 Å². The first-order chi connectivity index (χ1) is 8.67. The van der Waals surface area contributed by atoms with E-state index in [2.05, 4.69) is 4.72 Å². The van der Waals surface area contributed by atoms with Crippen LogP contribution in [-0.2, 0) is 10.0 Å². The summed E-state index contributed by atoms with van der Waals surface area (Å²) in [7, 11) is -3.76. The first kappa shape index (κ1) is 15.9. The third kappa shape index (κ3) is 3.26. The van der Waals surface area contributed by atoms with Gasteiger partial charge in [-0.1, -0.05) is 13.0 Å². The lowest BCUT2D eigenvalue weighted by Gasteiger charge is -2.27. The molecule has 4 N–H and O–H groups in total. The molecular weight excluding hydrogens is 264 g/mol. The van der Waals surface area contributed by atoms with Crippen LogP contribution < -0.4 is 10.5 Å². The number of aliphatic hydroxyl groups is 1. The maximum absolute atomic E-state index is 12.5. The molecule has 5 nitrogen and oxygen atoms in total. The summed E-state index contributed by atoms with van der Waals surface area (Å²) in [5.41, 5.74) is 6.61. The molecule has 1 atom stereocenters. The van der Waals surface area contributed by atoms with Crippen molar-refractivity contribution in [1.29, 1.82) is 0 Å². The Kier molecular flexibility index (Phi) is 4.60. The number of nitrogen functional groups attached to an aromatic ring is 1. The highest BCUT2D eigenvalue weighted by Gasteiger charge is 2.30. The molecule has 0 saturated heterocycles. The van der Waals surface area contributed by atoms with E-state index in [-0.39, 0.29) is 17.2 Å².